The maximum Gasteiger partial charge on any atom is 0.0472 e. The Morgan fingerprint density at radius 1 is 1.64 bits per heavy atom. The number of nitrogens with zero attached hydrogens (tertiary/aromatic N) is 1. The molecule has 1 fully saturated rings. The van der Waals surface area contributed by atoms with Crippen LogP contribution < -0.4 is 0 Å². The summed E-state index contributed by atoms with van der Waals surface area (Å²) >= 11 is 4.19. The van der Waals surface area contributed by atoms with E-state index in [0.29, 0.717) is 18.6 Å². The summed E-state index contributed by atoms with van der Waals surface area (Å²) in [6, 6.07) is 0.638. The zero-order valence-corrected chi connectivity index (χ0v) is 7.93. The van der Waals surface area contributed by atoms with Crippen molar-refractivity contribution in [2.24, 2.45) is 5.92 Å². The second-order valence-corrected chi connectivity index (χ2v) is 3.80. The van der Waals surface area contributed by atoms with Gasteiger partial charge in [-0.05, 0) is 19.3 Å². The Kier molecular flexibility index (Phi) is 3.69. The van der Waals surface area contributed by atoms with E-state index in [1.54, 1.807) is 0 Å². The minimum absolute atomic E-state index is 0.341. The number of aliphatic hydroxyl groups excluding tert-OH is 1. The van der Waals surface area contributed by atoms with E-state index in [4.69, 9.17) is 5.11 Å². The quantitative estimate of drug-likeness (QED) is 0.614. The predicted octanol–water partition coefficient (Wildman–Crippen LogP) is 0.619. The van der Waals surface area contributed by atoms with Gasteiger partial charge in [0.05, 0.1) is 0 Å². The summed E-state index contributed by atoms with van der Waals surface area (Å²) in [6.07, 6.45) is 1.14. The van der Waals surface area contributed by atoms with Gasteiger partial charge in [-0.3, -0.25) is 4.90 Å². The number of likely N-dealkylation sites (tertiary alicyclic amines) is 1. The lowest BCUT2D eigenvalue weighted by atomic mass is 10.1. The van der Waals surface area contributed by atoms with Gasteiger partial charge in [-0.2, -0.15) is 12.6 Å². The largest absolute Gasteiger partial charge is 0.396 e. The molecule has 2 nitrogen and oxygen atoms in total. The van der Waals surface area contributed by atoms with Crippen LogP contribution in [-0.4, -0.2) is 41.5 Å². The van der Waals surface area contributed by atoms with Crippen LogP contribution in [0.4, 0.5) is 0 Å². The molecule has 66 valence electrons. The molecule has 2 unspecified atom stereocenters. The third-order valence-electron chi connectivity index (χ3n) is 2.44. The topological polar surface area (TPSA) is 23.5 Å². The zero-order chi connectivity index (χ0) is 8.27. The third kappa shape index (κ3) is 2.36. The number of hydrogen-bond donors (Lipinski definition) is 2. The number of aliphatic hydroxyl groups is 1. The van der Waals surface area contributed by atoms with Gasteiger partial charge in [-0.1, -0.05) is 0 Å². The van der Waals surface area contributed by atoms with Crippen molar-refractivity contribution in [2.75, 3.05) is 25.4 Å². The molecule has 0 amide bonds. The first-order valence-electron chi connectivity index (χ1n) is 4.23. The van der Waals surface area contributed by atoms with E-state index in [-0.39, 0.29) is 0 Å². The maximum atomic E-state index is 8.92. The van der Waals surface area contributed by atoms with Crippen molar-refractivity contribution in [3.63, 3.8) is 0 Å². The van der Waals surface area contributed by atoms with Crippen LogP contribution in [0, 0.1) is 5.92 Å². The predicted molar refractivity (Wildman–Crippen MR) is 50.1 cm³/mol. The summed E-state index contributed by atoms with van der Waals surface area (Å²) in [7, 11) is 0. The zero-order valence-electron chi connectivity index (χ0n) is 7.03. The van der Waals surface area contributed by atoms with Gasteiger partial charge in [0.25, 0.3) is 0 Å². The Balaban J connectivity index is 2.32. The smallest absolute Gasteiger partial charge is 0.0472 e. The van der Waals surface area contributed by atoms with E-state index in [2.05, 4.69) is 24.5 Å². The highest BCUT2D eigenvalue weighted by Gasteiger charge is 2.27. The van der Waals surface area contributed by atoms with Gasteiger partial charge in [0, 0.05) is 31.5 Å². The second kappa shape index (κ2) is 4.33. The molecule has 1 saturated heterocycles. The summed E-state index contributed by atoms with van der Waals surface area (Å²) in [5, 5.41) is 8.92. The molecule has 0 aromatic carbocycles. The highest BCUT2D eigenvalue weighted by Crippen LogP contribution is 2.21. The van der Waals surface area contributed by atoms with E-state index in [1.807, 2.05) is 0 Å². The first-order chi connectivity index (χ1) is 5.27. The standard InChI is InChI=1S/C8H17NOS/c1-7-4-8(6-10)5-9(7)2-3-11/h7-8,10-11H,2-6H2,1H3. The molecule has 1 aliphatic heterocycles. The first kappa shape index (κ1) is 9.36. The van der Waals surface area contributed by atoms with Crippen LogP contribution in [0.3, 0.4) is 0 Å². The molecule has 1 N–H and O–H groups in total. The molecule has 11 heavy (non-hydrogen) atoms. The first-order valence-corrected chi connectivity index (χ1v) is 4.87. The highest BCUT2D eigenvalue weighted by atomic mass is 32.1. The van der Waals surface area contributed by atoms with Crippen molar-refractivity contribution >= 4 is 12.6 Å². The van der Waals surface area contributed by atoms with E-state index >= 15 is 0 Å². The average molecular weight is 175 g/mol. The van der Waals surface area contributed by atoms with Crippen molar-refractivity contribution in [1.82, 2.24) is 4.90 Å². The lowest BCUT2D eigenvalue weighted by Crippen LogP contribution is -2.29. The number of thiol groups is 1. The van der Waals surface area contributed by atoms with E-state index in [1.165, 1.54) is 0 Å². The van der Waals surface area contributed by atoms with E-state index < -0.39 is 0 Å². The molecule has 1 rings (SSSR count). The fourth-order valence-corrected chi connectivity index (χ4v) is 2.05. The minimum atomic E-state index is 0.341. The van der Waals surface area contributed by atoms with Gasteiger partial charge in [-0.15, -0.1) is 0 Å². The molecule has 0 radical (unpaired) electrons. The summed E-state index contributed by atoms with van der Waals surface area (Å²) < 4.78 is 0. The molecule has 0 aliphatic carbocycles. The molecule has 0 spiro atoms. The van der Waals surface area contributed by atoms with Crippen LogP contribution in [0.2, 0.25) is 0 Å². The molecule has 0 bridgehead atoms. The monoisotopic (exact) mass is 175 g/mol. The molecular weight excluding hydrogens is 158 g/mol. The molecule has 0 aromatic heterocycles. The van der Waals surface area contributed by atoms with Crippen LogP contribution in [0.25, 0.3) is 0 Å². The normalized spacial score (nSPS) is 33.0. The Labute approximate surface area is 74.0 Å². The Bertz CT molecular complexity index is 121. The van der Waals surface area contributed by atoms with Gasteiger partial charge in [0.15, 0.2) is 0 Å². The number of hydrogen-bond acceptors (Lipinski definition) is 3. The van der Waals surface area contributed by atoms with Gasteiger partial charge >= 0.3 is 0 Å². The average Bonchev–Trinajstić information content (AvgIpc) is 2.33. The van der Waals surface area contributed by atoms with Crippen LogP contribution in [0.5, 0.6) is 0 Å². The van der Waals surface area contributed by atoms with E-state index in [9.17, 15) is 0 Å². The Morgan fingerprint density at radius 3 is 2.82 bits per heavy atom. The Hall–Kier alpha value is 0.270. The fraction of sp³-hybridized carbons (Fsp3) is 1.00. The molecule has 1 heterocycles. The van der Waals surface area contributed by atoms with Gasteiger partial charge in [0.2, 0.25) is 0 Å². The molecule has 1 aliphatic rings. The number of rotatable bonds is 3. The van der Waals surface area contributed by atoms with Crippen molar-refractivity contribution in [3.05, 3.63) is 0 Å². The lowest BCUT2D eigenvalue weighted by molar-refractivity contribution is 0.222. The van der Waals surface area contributed by atoms with Gasteiger partial charge in [-0.25, -0.2) is 0 Å². The van der Waals surface area contributed by atoms with Crippen LogP contribution >= 0.6 is 12.6 Å². The van der Waals surface area contributed by atoms with Crippen LogP contribution in [0.15, 0.2) is 0 Å². The summed E-state index contributed by atoms with van der Waals surface area (Å²) in [6.45, 7) is 4.67. The summed E-state index contributed by atoms with van der Waals surface area (Å²) in [5.74, 6) is 1.42. The van der Waals surface area contributed by atoms with Crippen molar-refractivity contribution in [3.8, 4) is 0 Å². The van der Waals surface area contributed by atoms with Crippen molar-refractivity contribution < 1.29 is 5.11 Å². The lowest BCUT2D eigenvalue weighted by Gasteiger charge is -2.19. The third-order valence-corrected chi connectivity index (χ3v) is 2.64. The minimum Gasteiger partial charge on any atom is -0.396 e. The van der Waals surface area contributed by atoms with E-state index in [0.717, 1.165) is 25.3 Å². The molecule has 3 heteroatoms. The van der Waals surface area contributed by atoms with Crippen molar-refractivity contribution in [1.29, 1.82) is 0 Å². The summed E-state index contributed by atoms with van der Waals surface area (Å²) in [4.78, 5) is 2.40. The summed E-state index contributed by atoms with van der Waals surface area (Å²) in [5.41, 5.74) is 0. The maximum absolute atomic E-state index is 8.92. The SMILES string of the molecule is CC1CC(CO)CN1CCS. The second-order valence-electron chi connectivity index (χ2n) is 3.35. The molecule has 0 aromatic rings. The molecular formula is C8H17NOS. The van der Waals surface area contributed by atoms with Crippen LogP contribution in [-0.2, 0) is 0 Å². The molecule has 0 saturated carbocycles. The van der Waals surface area contributed by atoms with Gasteiger partial charge in [0.1, 0.15) is 0 Å². The fourth-order valence-electron chi connectivity index (χ4n) is 1.79. The molecule has 2 atom stereocenters. The highest BCUT2D eigenvalue weighted by molar-refractivity contribution is 7.80. The van der Waals surface area contributed by atoms with Crippen LogP contribution in [0.1, 0.15) is 13.3 Å². The van der Waals surface area contributed by atoms with Crippen molar-refractivity contribution in [2.45, 2.75) is 19.4 Å². The van der Waals surface area contributed by atoms with Gasteiger partial charge < -0.3 is 5.11 Å². The Morgan fingerprint density at radius 2 is 2.36 bits per heavy atom.